The number of nitrogens with zero attached hydrogens (tertiary/aromatic N) is 1. The summed E-state index contributed by atoms with van der Waals surface area (Å²) in [4.78, 5) is 15.0. The summed E-state index contributed by atoms with van der Waals surface area (Å²) in [5.74, 6) is -4.55. The highest BCUT2D eigenvalue weighted by Crippen LogP contribution is 2.27. The Hall–Kier alpha value is -3.00. The SMILES string of the molecule is O=C(O)c1c(F)cc(NSc2ccc(-c3ccnc(F)c3)cc2)cc1F. The van der Waals surface area contributed by atoms with Crippen LogP contribution in [0.15, 0.2) is 59.6 Å². The van der Waals surface area contributed by atoms with Gasteiger partial charge in [-0.3, -0.25) is 0 Å². The van der Waals surface area contributed by atoms with Crippen LogP contribution in [0.25, 0.3) is 11.1 Å². The number of carboxylic acid groups (broad SMARTS) is 1. The number of carbonyl (C=O) groups is 1. The molecule has 26 heavy (non-hydrogen) atoms. The van der Waals surface area contributed by atoms with Gasteiger partial charge >= 0.3 is 5.97 Å². The van der Waals surface area contributed by atoms with Crippen LogP contribution in [-0.2, 0) is 0 Å². The first-order valence-electron chi connectivity index (χ1n) is 7.31. The number of aromatic nitrogens is 1. The second kappa shape index (κ2) is 7.49. The third kappa shape index (κ3) is 3.97. The molecule has 0 radical (unpaired) electrons. The summed E-state index contributed by atoms with van der Waals surface area (Å²) in [6.07, 6.45) is 1.37. The Labute approximate surface area is 150 Å². The van der Waals surface area contributed by atoms with E-state index in [1.807, 2.05) is 0 Å². The van der Waals surface area contributed by atoms with Gasteiger partial charge in [0.25, 0.3) is 0 Å². The highest BCUT2D eigenvalue weighted by Gasteiger charge is 2.17. The Morgan fingerprint density at radius 3 is 2.19 bits per heavy atom. The largest absolute Gasteiger partial charge is 0.477 e. The molecule has 1 heterocycles. The van der Waals surface area contributed by atoms with E-state index in [4.69, 9.17) is 5.11 Å². The van der Waals surface area contributed by atoms with E-state index in [0.717, 1.165) is 34.5 Å². The molecule has 0 fully saturated rings. The van der Waals surface area contributed by atoms with Crippen molar-refractivity contribution in [3.8, 4) is 11.1 Å². The molecule has 132 valence electrons. The van der Waals surface area contributed by atoms with Crippen LogP contribution in [0.1, 0.15) is 10.4 Å². The summed E-state index contributed by atoms with van der Waals surface area (Å²) in [6.45, 7) is 0. The Balaban J connectivity index is 1.72. The molecular formula is C18H11F3N2O2S. The lowest BCUT2D eigenvalue weighted by molar-refractivity contribution is 0.0686. The maximum Gasteiger partial charge on any atom is 0.341 e. The molecule has 0 saturated heterocycles. The van der Waals surface area contributed by atoms with Crippen LogP contribution in [0.4, 0.5) is 18.9 Å². The summed E-state index contributed by atoms with van der Waals surface area (Å²) in [5, 5.41) is 8.75. The summed E-state index contributed by atoms with van der Waals surface area (Å²) < 4.78 is 43.2. The Morgan fingerprint density at radius 2 is 1.62 bits per heavy atom. The minimum absolute atomic E-state index is 0.0929. The molecule has 0 spiro atoms. The lowest BCUT2D eigenvalue weighted by Crippen LogP contribution is -2.05. The molecule has 8 heteroatoms. The van der Waals surface area contributed by atoms with Crippen molar-refractivity contribution in [2.45, 2.75) is 4.90 Å². The minimum atomic E-state index is -1.66. The highest BCUT2D eigenvalue weighted by atomic mass is 32.2. The zero-order chi connectivity index (χ0) is 18.7. The lowest BCUT2D eigenvalue weighted by atomic mass is 10.1. The van der Waals surface area contributed by atoms with Crippen molar-refractivity contribution >= 4 is 23.6 Å². The quantitative estimate of drug-likeness (QED) is 0.486. The maximum absolute atomic E-state index is 13.7. The van der Waals surface area contributed by atoms with Crippen molar-refractivity contribution in [2.75, 3.05) is 4.72 Å². The van der Waals surface area contributed by atoms with Crippen LogP contribution >= 0.6 is 11.9 Å². The van der Waals surface area contributed by atoms with Crippen LogP contribution < -0.4 is 4.72 Å². The van der Waals surface area contributed by atoms with Gasteiger partial charge in [-0.1, -0.05) is 12.1 Å². The van der Waals surface area contributed by atoms with Crippen LogP contribution in [0.3, 0.4) is 0 Å². The van der Waals surface area contributed by atoms with E-state index in [-0.39, 0.29) is 5.69 Å². The molecule has 0 atom stereocenters. The van der Waals surface area contributed by atoms with Crippen molar-refractivity contribution in [3.63, 3.8) is 0 Å². The Morgan fingerprint density at radius 1 is 0.962 bits per heavy atom. The first-order valence-corrected chi connectivity index (χ1v) is 8.13. The van der Waals surface area contributed by atoms with Gasteiger partial charge in [0, 0.05) is 17.2 Å². The molecule has 3 aromatic rings. The van der Waals surface area contributed by atoms with Gasteiger partial charge in [-0.2, -0.15) is 4.39 Å². The number of hydrogen-bond donors (Lipinski definition) is 2. The smallest absolute Gasteiger partial charge is 0.341 e. The van der Waals surface area contributed by atoms with Crippen molar-refractivity contribution in [2.24, 2.45) is 0 Å². The standard InChI is InChI=1S/C18H11F3N2O2S/c19-14-8-12(9-15(20)17(14)18(24)25)23-26-13-3-1-10(2-4-13)11-5-6-22-16(21)7-11/h1-9,23H,(H,24,25). The highest BCUT2D eigenvalue weighted by molar-refractivity contribution is 8.00. The van der Waals surface area contributed by atoms with Gasteiger partial charge in [0.15, 0.2) is 0 Å². The maximum atomic E-state index is 13.7. The van der Waals surface area contributed by atoms with E-state index in [9.17, 15) is 18.0 Å². The van der Waals surface area contributed by atoms with Crippen molar-refractivity contribution in [1.82, 2.24) is 4.98 Å². The molecule has 1 aromatic heterocycles. The topological polar surface area (TPSA) is 62.2 Å². The molecule has 0 aliphatic rings. The number of nitrogens with one attached hydrogen (secondary N) is 1. The molecular weight excluding hydrogens is 365 g/mol. The van der Waals surface area contributed by atoms with E-state index in [1.165, 1.54) is 12.3 Å². The molecule has 4 nitrogen and oxygen atoms in total. The Bertz CT molecular complexity index is 942. The predicted octanol–water partition coefficient (Wildman–Crippen LogP) is 4.98. The molecule has 0 aliphatic carbocycles. The summed E-state index contributed by atoms with van der Waals surface area (Å²) in [5.41, 5.74) is 0.568. The fourth-order valence-corrected chi connectivity index (χ4v) is 2.88. The Kier molecular flexibility index (Phi) is 5.13. The predicted molar refractivity (Wildman–Crippen MR) is 92.4 cm³/mol. The number of halogens is 3. The normalized spacial score (nSPS) is 10.6. The molecule has 0 aliphatic heterocycles. The van der Waals surface area contributed by atoms with E-state index < -0.39 is 29.1 Å². The molecule has 0 unspecified atom stereocenters. The summed E-state index contributed by atoms with van der Waals surface area (Å²) in [6, 6.07) is 11.9. The monoisotopic (exact) mass is 376 g/mol. The number of carboxylic acids is 1. The number of rotatable bonds is 5. The fraction of sp³-hybridized carbons (Fsp3) is 0. The van der Waals surface area contributed by atoms with Crippen LogP contribution in [0, 0.1) is 17.6 Å². The molecule has 3 rings (SSSR count). The average Bonchev–Trinajstić information content (AvgIpc) is 2.59. The number of benzene rings is 2. The van der Waals surface area contributed by atoms with Crippen LogP contribution in [-0.4, -0.2) is 16.1 Å². The van der Waals surface area contributed by atoms with E-state index >= 15 is 0 Å². The van der Waals surface area contributed by atoms with Crippen molar-refractivity contribution < 1.29 is 23.1 Å². The number of aromatic carboxylic acids is 1. The first kappa shape index (κ1) is 17.8. The van der Waals surface area contributed by atoms with Crippen molar-refractivity contribution in [1.29, 1.82) is 0 Å². The van der Waals surface area contributed by atoms with Gasteiger partial charge in [-0.05, 0) is 53.4 Å². The first-order chi connectivity index (χ1) is 12.4. The number of anilines is 1. The number of pyridine rings is 1. The van der Waals surface area contributed by atoms with Crippen molar-refractivity contribution in [3.05, 3.63) is 77.9 Å². The van der Waals surface area contributed by atoms with Gasteiger partial charge in [-0.15, -0.1) is 0 Å². The zero-order valence-electron chi connectivity index (χ0n) is 13.0. The second-order valence-electron chi connectivity index (χ2n) is 5.22. The minimum Gasteiger partial charge on any atom is -0.477 e. The molecule has 0 bridgehead atoms. The van der Waals surface area contributed by atoms with Gasteiger partial charge in [0.2, 0.25) is 5.95 Å². The zero-order valence-corrected chi connectivity index (χ0v) is 13.9. The van der Waals surface area contributed by atoms with Gasteiger partial charge in [-0.25, -0.2) is 18.6 Å². The molecule has 2 N–H and O–H groups in total. The molecule has 0 amide bonds. The van der Waals surface area contributed by atoms with E-state index in [2.05, 4.69) is 9.71 Å². The third-order valence-corrected chi connectivity index (χ3v) is 4.30. The fourth-order valence-electron chi connectivity index (χ4n) is 2.25. The van der Waals surface area contributed by atoms with Gasteiger partial charge < -0.3 is 9.83 Å². The van der Waals surface area contributed by atoms with E-state index in [1.54, 1.807) is 30.3 Å². The van der Waals surface area contributed by atoms with Gasteiger partial charge in [0.1, 0.15) is 17.2 Å². The van der Waals surface area contributed by atoms with E-state index in [0.29, 0.717) is 5.56 Å². The second-order valence-corrected chi connectivity index (χ2v) is 6.10. The molecule has 2 aromatic carbocycles. The van der Waals surface area contributed by atoms with Crippen LogP contribution in [0.2, 0.25) is 0 Å². The van der Waals surface area contributed by atoms with Crippen LogP contribution in [0.5, 0.6) is 0 Å². The third-order valence-electron chi connectivity index (χ3n) is 3.46. The lowest BCUT2D eigenvalue weighted by Gasteiger charge is -2.08. The summed E-state index contributed by atoms with van der Waals surface area (Å²) in [7, 11) is 0. The summed E-state index contributed by atoms with van der Waals surface area (Å²) >= 11 is 1.10. The average molecular weight is 376 g/mol. The van der Waals surface area contributed by atoms with Gasteiger partial charge in [0.05, 0.1) is 5.69 Å². The molecule has 0 saturated carbocycles. The number of hydrogen-bond acceptors (Lipinski definition) is 4.